The summed E-state index contributed by atoms with van der Waals surface area (Å²) in [5.41, 5.74) is 7.39. The Kier molecular flexibility index (Phi) is 2.28. The molecule has 2 nitrogen and oxygen atoms in total. The highest BCUT2D eigenvalue weighted by Gasteiger charge is 2.36. The van der Waals surface area contributed by atoms with Crippen LogP contribution >= 0.6 is 0 Å². The van der Waals surface area contributed by atoms with Crippen molar-refractivity contribution < 1.29 is 4.79 Å². The van der Waals surface area contributed by atoms with E-state index >= 15 is 0 Å². The standard InChI is InChI=1S/C12H15NO/c13-11-6-2-1-5-10(11)12(9-14)7-3-4-8-12/h1-2,5-6,9H,3-4,7-8,13H2. The quantitative estimate of drug-likeness (QED) is 0.573. The summed E-state index contributed by atoms with van der Waals surface area (Å²) >= 11 is 0. The zero-order chi connectivity index (χ0) is 10.0. The van der Waals surface area contributed by atoms with E-state index in [0.717, 1.165) is 43.2 Å². The van der Waals surface area contributed by atoms with Crippen LogP contribution < -0.4 is 5.73 Å². The fourth-order valence-electron chi connectivity index (χ4n) is 2.41. The van der Waals surface area contributed by atoms with Crippen LogP contribution in [0.1, 0.15) is 31.2 Å². The van der Waals surface area contributed by atoms with Crippen molar-refractivity contribution in [2.75, 3.05) is 5.73 Å². The average Bonchev–Trinajstić information content (AvgIpc) is 2.68. The van der Waals surface area contributed by atoms with Gasteiger partial charge in [-0.3, -0.25) is 0 Å². The van der Waals surface area contributed by atoms with Crippen LogP contribution in [0.15, 0.2) is 24.3 Å². The topological polar surface area (TPSA) is 43.1 Å². The lowest BCUT2D eigenvalue weighted by Crippen LogP contribution is -2.24. The number of carbonyl (C=O) groups is 1. The van der Waals surface area contributed by atoms with Gasteiger partial charge in [-0.15, -0.1) is 0 Å². The number of aldehydes is 1. The van der Waals surface area contributed by atoms with E-state index in [-0.39, 0.29) is 5.41 Å². The lowest BCUT2D eigenvalue weighted by molar-refractivity contribution is -0.112. The summed E-state index contributed by atoms with van der Waals surface area (Å²) in [5.74, 6) is 0. The molecule has 1 aromatic rings. The Hall–Kier alpha value is -1.31. The number of anilines is 1. The molecule has 2 N–H and O–H groups in total. The molecule has 74 valence electrons. The third-order valence-electron chi connectivity index (χ3n) is 3.22. The molecule has 1 aromatic carbocycles. The third kappa shape index (κ3) is 1.31. The molecule has 0 atom stereocenters. The number of benzene rings is 1. The van der Waals surface area contributed by atoms with E-state index in [1.807, 2.05) is 24.3 Å². The van der Waals surface area contributed by atoms with Crippen LogP contribution in [0.4, 0.5) is 5.69 Å². The molecular weight excluding hydrogens is 174 g/mol. The molecule has 1 aliphatic rings. The van der Waals surface area contributed by atoms with Crippen LogP contribution in [0, 0.1) is 0 Å². The maximum Gasteiger partial charge on any atom is 0.130 e. The van der Waals surface area contributed by atoms with Crippen molar-refractivity contribution in [2.24, 2.45) is 0 Å². The van der Waals surface area contributed by atoms with Gasteiger partial charge in [0, 0.05) is 5.69 Å². The van der Waals surface area contributed by atoms with Crippen molar-refractivity contribution in [3.8, 4) is 0 Å². The minimum atomic E-state index is -0.286. The molecule has 2 rings (SSSR count). The predicted octanol–water partition coefficient (Wildman–Crippen LogP) is 2.28. The summed E-state index contributed by atoms with van der Waals surface area (Å²) in [6.07, 6.45) is 5.25. The van der Waals surface area contributed by atoms with Gasteiger partial charge in [0.15, 0.2) is 0 Å². The Morgan fingerprint density at radius 2 is 1.86 bits per heavy atom. The Morgan fingerprint density at radius 3 is 2.43 bits per heavy atom. The number of nitrogens with two attached hydrogens (primary N) is 1. The summed E-state index contributed by atoms with van der Waals surface area (Å²) < 4.78 is 0. The Balaban J connectivity index is 2.46. The lowest BCUT2D eigenvalue weighted by atomic mass is 9.79. The van der Waals surface area contributed by atoms with Crippen LogP contribution in [-0.4, -0.2) is 6.29 Å². The van der Waals surface area contributed by atoms with Gasteiger partial charge in [-0.05, 0) is 24.5 Å². The number of para-hydroxylation sites is 1. The van der Waals surface area contributed by atoms with Gasteiger partial charge in [-0.25, -0.2) is 0 Å². The molecule has 0 amide bonds. The second-order valence-corrected chi connectivity index (χ2v) is 4.07. The second kappa shape index (κ2) is 3.45. The fraction of sp³-hybridized carbons (Fsp3) is 0.417. The highest BCUT2D eigenvalue weighted by atomic mass is 16.1. The van der Waals surface area contributed by atoms with E-state index < -0.39 is 0 Å². The van der Waals surface area contributed by atoms with Crippen molar-refractivity contribution >= 4 is 12.0 Å². The van der Waals surface area contributed by atoms with Gasteiger partial charge in [-0.2, -0.15) is 0 Å². The van der Waals surface area contributed by atoms with Gasteiger partial charge < -0.3 is 10.5 Å². The van der Waals surface area contributed by atoms with Crippen molar-refractivity contribution in [1.29, 1.82) is 0 Å². The first-order valence-electron chi connectivity index (χ1n) is 5.10. The Labute approximate surface area is 84.1 Å². The summed E-state index contributed by atoms with van der Waals surface area (Å²) in [6, 6.07) is 7.72. The van der Waals surface area contributed by atoms with Gasteiger partial charge >= 0.3 is 0 Å². The monoisotopic (exact) mass is 189 g/mol. The van der Waals surface area contributed by atoms with Crippen LogP contribution in [-0.2, 0) is 10.2 Å². The molecule has 0 radical (unpaired) electrons. The minimum Gasteiger partial charge on any atom is -0.398 e. The molecule has 14 heavy (non-hydrogen) atoms. The van der Waals surface area contributed by atoms with Gasteiger partial charge in [0.05, 0.1) is 5.41 Å². The SMILES string of the molecule is Nc1ccccc1C1(C=O)CCCC1. The van der Waals surface area contributed by atoms with Gasteiger partial charge in [0.25, 0.3) is 0 Å². The fourth-order valence-corrected chi connectivity index (χ4v) is 2.41. The van der Waals surface area contributed by atoms with Crippen molar-refractivity contribution in [3.63, 3.8) is 0 Å². The zero-order valence-electron chi connectivity index (χ0n) is 8.20. The molecular formula is C12H15NO. The molecule has 0 heterocycles. The molecule has 1 saturated carbocycles. The second-order valence-electron chi connectivity index (χ2n) is 4.07. The minimum absolute atomic E-state index is 0.286. The molecule has 0 saturated heterocycles. The highest BCUT2D eigenvalue weighted by molar-refractivity contribution is 5.73. The largest absolute Gasteiger partial charge is 0.398 e. The predicted molar refractivity (Wildman–Crippen MR) is 57.1 cm³/mol. The van der Waals surface area contributed by atoms with E-state index in [1.54, 1.807) is 0 Å². The van der Waals surface area contributed by atoms with E-state index in [1.165, 1.54) is 0 Å². The van der Waals surface area contributed by atoms with Crippen LogP contribution in [0.25, 0.3) is 0 Å². The summed E-state index contributed by atoms with van der Waals surface area (Å²) in [4.78, 5) is 11.2. The number of carbonyl (C=O) groups excluding carboxylic acids is 1. The van der Waals surface area contributed by atoms with Crippen LogP contribution in [0.3, 0.4) is 0 Å². The van der Waals surface area contributed by atoms with Gasteiger partial charge in [0.2, 0.25) is 0 Å². The number of hydrogen-bond acceptors (Lipinski definition) is 2. The molecule has 0 bridgehead atoms. The molecule has 0 spiro atoms. The molecule has 1 fully saturated rings. The normalized spacial score (nSPS) is 19.4. The smallest absolute Gasteiger partial charge is 0.130 e. The zero-order valence-corrected chi connectivity index (χ0v) is 8.20. The molecule has 2 heteroatoms. The highest BCUT2D eigenvalue weighted by Crippen LogP contribution is 2.41. The number of hydrogen-bond donors (Lipinski definition) is 1. The van der Waals surface area contributed by atoms with E-state index in [2.05, 4.69) is 0 Å². The molecule has 0 aliphatic heterocycles. The van der Waals surface area contributed by atoms with Crippen LogP contribution in [0.2, 0.25) is 0 Å². The van der Waals surface area contributed by atoms with Gasteiger partial charge in [0.1, 0.15) is 6.29 Å². The first-order valence-corrected chi connectivity index (χ1v) is 5.10. The van der Waals surface area contributed by atoms with Crippen molar-refractivity contribution in [3.05, 3.63) is 29.8 Å². The summed E-state index contributed by atoms with van der Waals surface area (Å²) in [6.45, 7) is 0. The van der Waals surface area contributed by atoms with Crippen molar-refractivity contribution in [2.45, 2.75) is 31.1 Å². The van der Waals surface area contributed by atoms with E-state index in [4.69, 9.17) is 5.73 Å². The lowest BCUT2D eigenvalue weighted by Gasteiger charge is -2.23. The van der Waals surface area contributed by atoms with E-state index in [0.29, 0.717) is 0 Å². The first-order chi connectivity index (χ1) is 6.78. The van der Waals surface area contributed by atoms with Crippen molar-refractivity contribution in [1.82, 2.24) is 0 Å². The summed E-state index contributed by atoms with van der Waals surface area (Å²) in [7, 11) is 0. The average molecular weight is 189 g/mol. The first kappa shape index (κ1) is 9.25. The Morgan fingerprint density at radius 1 is 1.21 bits per heavy atom. The molecule has 0 unspecified atom stereocenters. The molecule has 1 aliphatic carbocycles. The maximum atomic E-state index is 11.2. The third-order valence-corrected chi connectivity index (χ3v) is 3.22. The van der Waals surface area contributed by atoms with Crippen LogP contribution in [0.5, 0.6) is 0 Å². The number of rotatable bonds is 2. The maximum absolute atomic E-state index is 11.2. The summed E-state index contributed by atoms with van der Waals surface area (Å²) in [5, 5.41) is 0. The van der Waals surface area contributed by atoms with E-state index in [9.17, 15) is 4.79 Å². The van der Waals surface area contributed by atoms with Gasteiger partial charge in [-0.1, -0.05) is 31.0 Å². The number of nitrogen functional groups attached to an aromatic ring is 1. The molecule has 0 aromatic heterocycles. The Bertz CT molecular complexity index is 340.